The number of ether oxygens (including phenoxy) is 1. The zero-order chi connectivity index (χ0) is 14.8. The van der Waals surface area contributed by atoms with Gasteiger partial charge in [-0.3, -0.25) is 4.79 Å². The van der Waals surface area contributed by atoms with Gasteiger partial charge in [-0.1, -0.05) is 11.6 Å². The van der Waals surface area contributed by atoms with E-state index in [-0.39, 0.29) is 12.5 Å². The van der Waals surface area contributed by atoms with Crippen molar-refractivity contribution in [1.29, 1.82) is 0 Å². The fraction of sp³-hybridized carbons (Fsp3) is 0.357. The first-order valence-corrected chi connectivity index (χ1v) is 6.71. The Morgan fingerprint density at radius 2 is 2.19 bits per heavy atom. The molecule has 2 aromatic rings. The summed E-state index contributed by atoms with van der Waals surface area (Å²) in [6, 6.07) is 5.51. The number of hydrogen-bond acceptors (Lipinski definition) is 5. The largest absolute Gasteiger partial charge is 0.392 e. The van der Waals surface area contributed by atoms with Gasteiger partial charge in [-0.25, -0.2) is 0 Å². The van der Waals surface area contributed by atoms with Crippen LogP contribution in [-0.2, 0) is 4.74 Å². The topological polar surface area (TPSA) is 80.5 Å². The third kappa shape index (κ3) is 2.53. The highest BCUT2D eigenvalue weighted by atomic mass is 16.5. The van der Waals surface area contributed by atoms with Crippen molar-refractivity contribution < 1.29 is 14.6 Å². The van der Waals surface area contributed by atoms with Crippen LogP contribution in [0.15, 0.2) is 30.6 Å². The molecule has 0 saturated carbocycles. The maximum atomic E-state index is 12.8. The molecule has 0 bridgehead atoms. The molecule has 3 rings (SSSR count). The van der Waals surface area contributed by atoms with Crippen LogP contribution in [0.2, 0.25) is 0 Å². The van der Waals surface area contributed by atoms with Gasteiger partial charge in [0.25, 0.3) is 5.91 Å². The average Bonchev–Trinajstić information content (AvgIpc) is 3.17. The fourth-order valence-corrected chi connectivity index (χ4v) is 2.40. The lowest BCUT2D eigenvalue weighted by atomic mass is 10.1. The van der Waals surface area contributed by atoms with E-state index in [0.29, 0.717) is 24.4 Å². The highest BCUT2D eigenvalue weighted by Crippen LogP contribution is 2.20. The standard InChI is InChI=1S/C14H16N4O3/c1-10-2-3-12(18-15-4-5-16-18)11(8-10)14(20)17-6-7-21-13(17)9-19/h2-5,8,13,19H,6-7,9H2,1H3. The predicted octanol–water partition coefficient (Wildman–Crippen LogP) is 0.367. The van der Waals surface area contributed by atoms with Crippen molar-refractivity contribution >= 4 is 5.91 Å². The molecular formula is C14H16N4O3. The molecule has 1 amide bonds. The molecule has 7 nitrogen and oxygen atoms in total. The van der Waals surface area contributed by atoms with Crippen LogP contribution in [0.1, 0.15) is 15.9 Å². The van der Waals surface area contributed by atoms with Gasteiger partial charge in [-0.15, -0.1) is 0 Å². The SMILES string of the molecule is Cc1ccc(-n2nccn2)c(C(=O)N2CCOC2CO)c1. The molecule has 0 aliphatic carbocycles. The molecule has 21 heavy (non-hydrogen) atoms. The Bertz CT molecular complexity index is 642. The number of amides is 1. The molecular weight excluding hydrogens is 272 g/mol. The van der Waals surface area contributed by atoms with Crippen LogP contribution in [0.25, 0.3) is 5.69 Å². The first-order chi connectivity index (χ1) is 10.2. The molecule has 1 aromatic carbocycles. The van der Waals surface area contributed by atoms with Gasteiger partial charge in [-0.2, -0.15) is 15.0 Å². The molecule has 2 heterocycles. The van der Waals surface area contributed by atoms with Crippen molar-refractivity contribution in [2.75, 3.05) is 19.8 Å². The van der Waals surface area contributed by atoms with E-state index >= 15 is 0 Å². The maximum absolute atomic E-state index is 12.8. The Hall–Kier alpha value is -2.25. The lowest BCUT2D eigenvalue weighted by molar-refractivity contribution is -0.00465. The monoisotopic (exact) mass is 288 g/mol. The van der Waals surface area contributed by atoms with Crippen LogP contribution in [0.3, 0.4) is 0 Å². The van der Waals surface area contributed by atoms with Gasteiger partial charge < -0.3 is 14.7 Å². The van der Waals surface area contributed by atoms with Crippen LogP contribution in [0, 0.1) is 6.92 Å². The van der Waals surface area contributed by atoms with E-state index < -0.39 is 6.23 Å². The quantitative estimate of drug-likeness (QED) is 0.882. The average molecular weight is 288 g/mol. The molecule has 1 aliphatic heterocycles. The predicted molar refractivity (Wildman–Crippen MR) is 74.0 cm³/mol. The third-order valence-corrected chi connectivity index (χ3v) is 3.42. The van der Waals surface area contributed by atoms with Gasteiger partial charge in [0, 0.05) is 6.54 Å². The van der Waals surface area contributed by atoms with E-state index in [1.807, 2.05) is 19.1 Å². The summed E-state index contributed by atoms with van der Waals surface area (Å²) in [6.45, 7) is 2.59. The van der Waals surface area contributed by atoms with Crippen LogP contribution >= 0.6 is 0 Å². The minimum absolute atomic E-state index is 0.192. The highest BCUT2D eigenvalue weighted by Gasteiger charge is 2.31. The number of aliphatic hydroxyl groups excluding tert-OH is 1. The van der Waals surface area contributed by atoms with Gasteiger partial charge in [0.05, 0.1) is 36.9 Å². The summed E-state index contributed by atoms with van der Waals surface area (Å²) in [5.41, 5.74) is 2.07. The molecule has 0 spiro atoms. The molecule has 1 N–H and O–H groups in total. The van der Waals surface area contributed by atoms with Gasteiger partial charge in [0.15, 0.2) is 6.23 Å². The normalized spacial score (nSPS) is 18.2. The summed E-state index contributed by atoms with van der Waals surface area (Å²) in [4.78, 5) is 15.7. The smallest absolute Gasteiger partial charge is 0.258 e. The molecule has 1 atom stereocenters. The number of benzene rings is 1. The second-order valence-corrected chi connectivity index (χ2v) is 4.85. The second-order valence-electron chi connectivity index (χ2n) is 4.85. The van der Waals surface area contributed by atoms with E-state index in [1.54, 1.807) is 18.5 Å². The zero-order valence-electron chi connectivity index (χ0n) is 11.6. The van der Waals surface area contributed by atoms with Crippen LogP contribution in [-0.4, -0.2) is 56.9 Å². The number of aryl methyl sites for hydroxylation is 1. The van der Waals surface area contributed by atoms with E-state index in [0.717, 1.165) is 5.56 Å². The van der Waals surface area contributed by atoms with Crippen LogP contribution < -0.4 is 0 Å². The number of carbonyl (C=O) groups excluding carboxylic acids is 1. The Morgan fingerprint density at radius 1 is 1.43 bits per heavy atom. The summed E-state index contributed by atoms with van der Waals surface area (Å²) in [6.07, 6.45) is 2.53. The lowest BCUT2D eigenvalue weighted by Gasteiger charge is -2.22. The van der Waals surface area contributed by atoms with Crippen molar-refractivity contribution in [2.24, 2.45) is 0 Å². The van der Waals surface area contributed by atoms with Crippen LogP contribution in [0.4, 0.5) is 0 Å². The zero-order valence-corrected chi connectivity index (χ0v) is 11.6. The molecule has 1 fully saturated rings. The Kier molecular flexibility index (Phi) is 3.68. The van der Waals surface area contributed by atoms with Gasteiger partial charge >= 0.3 is 0 Å². The summed E-state index contributed by atoms with van der Waals surface area (Å²) >= 11 is 0. The molecule has 1 saturated heterocycles. The summed E-state index contributed by atoms with van der Waals surface area (Å²) in [7, 11) is 0. The van der Waals surface area contributed by atoms with E-state index in [2.05, 4.69) is 10.2 Å². The molecule has 1 unspecified atom stereocenters. The van der Waals surface area contributed by atoms with Crippen LogP contribution in [0.5, 0.6) is 0 Å². The number of hydrogen-bond donors (Lipinski definition) is 1. The van der Waals surface area contributed by atoms with Gasteiger partial charge in [0.2, 0.25) is 0 Å². The maximum Gasteiger partial charge on any atom is 0.258 e. The highest BCUT2D eigenvalue weighted by molar-refractivity contribution is 5.98. The Labute approximate surface area is 121 Å². The van der Waals surface area contributed by atoms with Crippen molar-refractivity contribution in [3.8, 4) is 5.69 Å². The van der Waals surface area contributed by atoms with Gasteiger partial charge in [0.1, 0.15) is 0 Å². The lowest BCUT2D eigenvalue weighted by Crippen LogP contribution is -2.38. The minimum Gasteiger partial charge on any atom is -0.392 e. The molecule has 7 heteroatoms. The Balaban J connectivity index is 2.01. The number of aliphatic hydroxyl groups is 1. The van der Waals surface area contributed by atoms with Crippen molar-refractivity contribution in [3.63, 3.8) is 0 Å². The van der Waals surface area contributed by atoms with Gasteiger partial charge in [-0.05, 0) is 19.1 Å². The summed E-state index contributed by atoms with van der Waals surface area (Å²) in [5.74, 6) is -0.192. The molecule has 110 valence electrons. The van der Waals surface area contributed by atoms with E-state index in [4.69, 9.17) is 4.74 Å². The number of aromatic nitrogens is 3. The van der Waals surface area contributed by atoms with E-state index in [1.165, 1.54) is 9.70 Å². The first kappa shape index (κ1) is 13.7. The number of nitrogens with zero attached hydrogens (tertiary/aromatic N) is 4. The fourth-order valence-electron chi connectivity index (χ4n) is 2.40. The molecule has 1 aliphatic rings. The summed E-state index contributed by atoms with van der Waals surface area (Å²) < 4.78 is 5.34. The van der Waals surface area contributed by atoms with Crippen molar-refractivity contribution in [2.45, 2.75) is 13.2 Å². The third-order valence-electron chi connectivity index (χ3n) is 3.42. The van der Waals surface area contributed by atoms with Crippen molar-refractivity contribution in [3.05, 3.63) is 41.7 Å². The number of rotatable bonds is 3. The van der Waals surface area contributed by atoms with Crippen molar-refractivity contribution in [1.82, 2.24) is 19.9 Å². The number of carbonyl (C=O) groups is 1. The molecule has 1 aromatic heterocycles. The minimum atomic E-state index is -0.587. The first-order valence-electron chi connectivity index (χ1n) is 6.71. The molecule has 0 radical (unpaired) electrons. The van der Waals surface area contributed by atoms with E-state index in [9.17, 15) is 9.90 Å². The second kappa shape index (κ2) is 5.63. The Morgan fingerprint density at radius 3 is 2.90 bits per heavy atom. The summed E-state index contributed by atoms with van der Waals surface area (Å²) in [5, 5.41) is 17.4.